The molecule has 1 aromatic heterocycles. The number of amides is 1. The highest BCUT2D eigenvalue weighted by Crippen LogP contribution is 2.36. The number of aryl methyl sites for hydroxylation is 1. The van der Waals surface area contributed by atoms with Gasteiger partial charge >= 0.3 is 0 Å². The second kappa shape index (κ2) is 6.42. The summed E-state index contributed by atoms with van der Waals surface area (Å²) in [4.78, 5) is 19.0. The maximum absolute atomic E-state index is 12.8. The fraction of sp³-hybridized carbons (Fsp3) is 0.600. The Morgan fingerprint density at radius 1 is 1.38 bits per heavy atom. The van der Waals surface area contributed by atoms with Crippen LogP contribution in [0.5, 0.6) is 0 Å². The summed E-state index contributed by atoms with van der Waals surface area (Å²) in [6.07, 6.45) is 3.26. The van der Waals surface area contributed by atoms with Gasteiger partial charge in [-0.3, -0.25) is 9.69 Å². The van der Waals surface area contributed by atoms with Crippen molar-refractivity contribution < 1.29 is 4.79 Å². The highest BCUT2D eigenvalue weighted by atomic mass is 32.1. The zero-order valence-electron chi connectivity index (χ0n) is 12.1. The zero-order chi connectivity index (χ0) is 14.8. The summed E-state index contributed by atoms with van der Waals surface area (Å²) in [6, 6.07) is 2.14. The van der Waals surface area contributed by atoms with Gasteiger partial charge < -0.3 is 10.6 Å². The average molecular weight is 323 g/mol. The molecular formula is C15H21N3OS2. The predicted molar refractivity (Wildman–Crippen MR) is 89.8 cm³/mol. The number of nitrogens with two attached hydrogens (primary N) is 1. The van der Waals surface area contributed by atoms with E-state index in [0.29, 0.717) is 17.4 Å². The molecule has 3 rings (SSSR count). The van der Waals surface area contributed by atoms with Gasteiger partial charge in [0.15, 0.2) is 0 Å². The zero-order valence-corrected chi connectivity index (χ0v) is 13.7. The summed E-state index contributed by atoms with van der Waals surface area (Å²) in [7, 11) is 0. The van der Waals surface area contributed by atoms with Crippen molar-refractivity contribution in [2.45, 2.75) is 25.2 Å². The molecule has 6 heteroatoms. The molecule has 114 valence electrons. The van der Waals surface area contributed by atoms with Gasteiger partial charge in [-0.2, -0.15) is 0 Å². The van der Waals surface area contributed by atoms with E-state index in [4.69, 9.17) is 18.0 Å². The molecule has 4 nitrogen and oxygen atoms in total. The quantitative estimate of drug-likeness (QED) is 0.859. The molecule has 1 fully saturated rings. The van der Waals surface area contributed by atoms with Crippen molar-refractivity contribution >= 4 is 34.5 Å². The second-order valence-electron chi connectivity index (χ2n) is 5.81. The summed E-state index contributed by atoms with van der Waals surface area (Å²) < 4.78 is 0. The van der Waals surface area contributed by atoms with E-state index >= 15 is 0 Å². The first-order valence-corrected chi connectivity index (χ1v) is 8.79. The lowest BCUT2D eigenvalue weighted by atomic mass is 9.86. The number of fused-ring (bicyclic) bond motifs is 1. The van der Waals surface area contributed by atoms with Gasteiger partial charge in [-0.05, 0) is 36.3 Å². The van der Waals surface area contributed by atoms with Gasteiger partial charge in [0.25, 0.3) is 0 Å². The summed E-state index contributed by atoms with van der Waals surface area (Å²) in [5.41, 5.74) is 6.87. The van der Waals surface area contributed by atoms with E-state index in [1.807, 2.05) is 4.90 Å². The number of nitrogens with zero attached hydrogens (tertiary/aromatic N) is 2. The fourth-order valence-electron chi connectivity index (χ4n) is 3.31. The number of carbonyl (C=O) groups excluding carboxylic acids is 1. The van der Waals surface area contributed by atoms with Crippen molar-refractivity contribution in [3.8, 4) is 0 Å². The van der Waals surface area contributed by atoms with Crippen LogP contribution >= 0.6 is 23.6 Å². The van der Waals surface area contributed by atoms with Crippen molar-refractivity contribution in [1.82, 2.24) is 9.80 Å². The van der Waals surface area contributed by atoms with Crippen LogP contribution in [0, 0.1) is 0 Å². The van der Waals surface area contributed by atoms with Crippen molar-refractivity contribution in [3.63, 3.8) is 0 Å². The summed E-state index contributed by atoms with van der Waals surface area (Å²) in [5.74, 6) is 0.395. The number of hydrogen-bond donors (Lipinski definition) is 1. The molecule has 1 saturated heterocycles. The first-order chi connectivity index (χ1) is 10.1. The highest BCUT2D eigenvalue weighted by Gasteiger charge is 2.32. The summed E-state index contributed by atoms with van der Waals surface area (Å²) >= 11 is 6.74. The summed E-state index contributed by atoms with van der Waals surface area (Å²) in [6.45, 7) is 3.98. The fourth-order valence-corrected chi connectivity index (χ4v) is 4.48. The third-order valence-corrected chi connectivity index (χ3v) is 5.54. The molecule has 1 aromatic rings. The largest absolute Gasteiger partial charge is 0.392 e. The van der Waals surface area contributed by atoms with E-state index in [1.165, 1.54) is 10.4 Å². The Kier molecular flexibility index (Phi) is 4.57. The standard InChI is InChI=1S/C15H21N3OS2/c16-14(20)10-17-5-7-18(8-6-17)15(19)12-2-1-3-13-11(12)4-9-21-13/h4,9,12H,1-3,5-8,10H2,(H2,16,20). The molecule has 1 amide bonds. The Balaban J connectivity index is 1.62. The Morgan fingerprint density at radius 3 is 2.86 bits per heavy atom. The topological polar surface area (TPSA) is 49.6 Å². The molecule has 0 aromatic carbocycles. The number of thiophene rings is 1. The Hall–Kier alpha value is -0.980. The number of rotatable bonds is 3. The minimum atomic E-state index is 0.0853. The van der Waals surface area contributed by atoms with Crippen LogP contribution in [-0.4, -0.2) is 53.4 Å². The van der Waals surface area contributed by atoms with Crippen molar-refractivity contribution in [1.29, 1.82) is 0 Å². The van der Waals surface area contributed by atoms with E-state index in [2.05, 4.69) is 16.3 Å². The van der Waals surface area contributed by atoms with E-state index < -0.39 is 0 Å². The van der Waals surface area contributed by atoms with Crippen molar-refractivity contribution in [2.75, 3.05) is 32.7 Å². The Bertz CT molecular complexity index is 535. The lowest BCUT2D eigenvalue weighted by molar-refractivity contribution is -0.134. The number of thiocarbonyl (C=S) groups is 1. The molecule has 2 heterocycles. The molecule has 0 bridgehead atoms. The van der Waals surface area contributed by atoms with Gasteiger partial charge in [0.2, 0.25) is 5.91 Å². The third-order valence-electron chi connectivity index (χ3n) is 4.41. The highest BCUT2D eigenvalue weighted by molar-refractivity contribution is 7.80. The molecule has 0 saturated carbocycles. The van der Waals surface area contributed by atoms with Gasteiger partial charge in [-0.15, -0.1) is 11.3 Å². The van der Waals surface area contributed by atoms with Crippen LogP contribution < -0.4 is 5.73 Å². The van der Waals surface area contributed by atoms with Crippen LogP contribution in [0.1, 0.15) is 29.2 Å². The van der Waals surface area contributed by atoms with Crippen LogP contribution in [0.2, 0.25) is 0 Å². The van der Waals surface area contributed by atoms with Crippen LogP contribution in [0.3, 0.4) is 0 Å². The lowest BCUT2D eigenvalue weighted by Gasteiger charge is -2.37. The molecule has 1 atom stereocenters. The first-order valence-electron chi connectivity index (χ1n) is 7.51. The van der Waals surface area contributed by atoms with Gasteiger partial charge in [0.1, 0.15) is 0 Å². The maximum Gasteiger partial charge on any atom is 0.230 e. The average Bonchev–Trinajstić information content (AvgIpc) is 2.95. The first kappa shape index (κ1) is 14.9. The second-order valence-corrected chi connectivity index (χ2v) is 7.34. The molecule has 21 heavy (non-hydrogen) atoms. The third kappa shape index (κ3) is 3.27. The molecular weight excluding hydrogens is 302 g/mol. The van der Waals surface area contributed by atoms with Crippen LogP contribution in [0.4, 0.5) is 0 Å². The molecule has 2 aliphatic rings. The van der Waals surface area contributed by atoms with Crippen LogP contribution in [0.15, 0.2) is 11.4 Å². The minimum absolute atomic E-state index is 0.0853. The lowest BCUT2D eigenvalue weighted by Crippen LogP contribution is -2.51. The molecule has 1 aliphatic carbocycles. The SMILES string of the molecule is NC(=S)CN1CCN(C(=O)C2CCCc3sccc32)CC1. The maximum atomic E-state index is 12.8. The van der Waals surface area contributed by atoms with Crippen molar-refractivity contribution in [2.24, 2.45) is 5.73 Å². The Labute approximate surface area is 134 Å². The molecule has 1 unspecified atom stereocenters. The van der Waals surface area contributed by atoms with Crippen LogP contribution in [-0.2, 0) is 11.2 Å². The number of hydrogen-bond acceptors (Lipinski definition) is 4. The molecule has 0 radical (unpaired) electrons. The van der Waals surface area contributed by atoms with Gasteiger partial charge in [-0.1, -0.05) is 12.2 Å². The Morgan fingerprint density at radius 2 is 2.14 bits per heavy atom. The van der Waals surface area contributed by atoms with E-state index in [0.717, 1.165) is 45.4 Å². The van der Waals surface area contributed by atoms with E-state index in [1.54, 1.807) is 11.3 Å². The number of piperazine rings is 1. The van der Waals surface area contributed by atoms with Gasteiger partial charge in [0, 0.05) is 37.6 Å². The molecule has 2 N–H and O–H groups in total. The minimum Gasteiger partial charge on any atom is -0.392 e. The van der Waals surface area contributed by atoms with E-state index in [-0.39, 0.29) is 5.92 Å². The van der Waals surface area contributed by atoms with E-state index in [9.17, 15) is 4.79 Å². The molecule has 0 spiro atoms. The normalized spacial score (nSPS) is 22.9. The summed E-state index contributed by atoms with van der Waals surface area (Å²) in [5, 5.41) is 2.12. The number of carbonyl (C=O) groups is 1. The molecule has 1 aliphatic heterocycles. The van der Waals surface area contributed by atoms with Crippen LogP contribution in [0.25, 0.3) is 0 Å². The monoisotopic (exact) mass is 323 g/mol. The van der Waals surface area contributed by atoms with Gasteiger partial charge in [-0.25, -0.2) is 0 Å². The van der Waals surface area contributed by atoms with Crippen molar-refractivity contribution in [3.05, 3.63) is 21.9 Å². The smallest absolute Gasteiger partial charge is 0.230 e. The van der Waals surface area contributed by atoms with Gasteiger partial charge in [0.05, 0.1) is 10.9 Å². The predicted octanol–water partition coefficient (Wildman–Crippen LogP) is 1.60.